The summed E-state index contributed by atoms with van der Waals surface area (Å²) in [6, 6.07) is 0. The summed E-state index contributed by atoms with van der Waals surface area (Å²) in [5, 5.41) is 3.29. The number of hydrogen-bond donors (Lipinski definition) is 2. The van der Waals surface area contributed by atoms with Crippen LogP contribution < -0.4 is 10.0 Å². The minimum Gasteiger partial charge on any atom is -0.377 e. The van der Waals surface area contributed by atoms with E-state index in [0.717, 1.165) is 25.9 Å². The zero-order valence-corrected chi connectivity index (χ0v) is 13.9. The van der Waals surface area contributed by atoms with Crippen molar-refractivity contribution in [3.8, 4) is 0 Å². The summed E-state index contributed by atoms with van der Waals surface area (Å²) in [5.41, 5.74) is -0.494. The lowest BCUT2D eigenvalue weighted by Gasteiger charge is -2.33. The third-order valence-corrected chi connectivity index (χ3v) is 5.26. The van der Waals surface area contributed by atoms with Crippen LogP contribution in [0.25, 0.3) is 0 Å². The van der Waals surface area contributed by atoms with Gasteiger partial charge in [-0.3, -0.25) is 0 Å². The van der Waals surface area contributed by atoms with Gasteiger partial charge in [0.2, 0.25) is 0 Å². The van der Waals surface area contributed by atoms with E-state index >= 15 is 0 Å². The molecule has 1 saturated heterocycles. The number of nitrogens with zero attached hydrogens (tertiary/aromatic N) is 1. The Bertz CT molecular complexity index is 384. The lowest BCUT2D eigenvalue weighted by molar-refractivity contribution is 0.0272. The Hall–Kier alpha value is -0.210. The molecule has 2 N–H and O–H groups in total. The SMILES string of the molecule is CCNCC1CCCN(S(=O)(=O)NCC(C)(C)OC)C1. The second-order valence-electron chi connectivity index (χ2n) is 5.96. The summed E-state index contributed by atoms with van der Waals surface area (Å²) >= 11 is 0. The first-order valence-corrected chi connectivity index (χ1v) is 8.75. The summed E-state index contributed by atoms with van der Waals surface area (Å²) in [4.78, 5) is 0. The van der Waals surface area contributed by atoms with Crippen LogP contribution >= 0.6 is 0 Å². The van der Waals surface area contributed by atoms with E-state index in [2.05, 4.69) is 17.0 Å². The molecule has 0 aromatic rings. The Labute approximate surface area is 123 Å². The fourth-order valence-corrected chi connectivity index (χ4v) is 3.68. The van der Waals surface area contributed by atoms with Crippen molar-refractivity contribution in [2.24, 2.45) is 5.92 Å². The molecule has 0 amide bonds. The molecule has 20 heavy (non-hydrogen) atoms. The number of ether oxygens (including phenoxy) is 1. The Morgan fingerprint density at radius 2 is 2.10 bits per heavy atom. The average Bonchev–Trinajstić information content (AvgIpc) is 2.43. The first kappa shape index (κ1) is 17.8. The maximum absolute atomic E-state index is 12.3. The molecular weight excluding hydrogens is 278 g/mol. The minimum absolute atomic E-state index is 0.278. The molecule has 0 spiro atoms. The molecule has 0 bridgehead atoms. The van der Waals surface area contributed by atoms with E-state index in [1.807, 2.05) is 13.8 Å². The number of nitrogens with one attached hydrogen (secondary N) is 2. The van der Waals surface area contributed by atoms with E-state index in [0.29, 0.717) is 19.0 Å². The smallest absolute Gasteiger partial charge is 0.279 e. The standard InChI is InChI=1S/C13H29N3O3S/c1-5-14-9-12-7-6-8-16(10-12)20(17,18)15-11-13(2,3)19-4/h12,14-15H,5-11H2,1-4H3. The summed E-state index contributed by atoms with van der Waals surface area (Å²) in [6.45, 7) is 9.06. The van der Waals surface area contributed by atoms with Gasteiger partial charge in [0, 0.05) is 26.7 Å². The van der Waals surface area contributed by atoms with Gasteiger partial charge in [-0.05, 0) is 45.7 Å². The van der Waals surface area contributed by atoms with Gasteiger partial charge in [-0.15, -0.1) is 0 Å². The van der Waals surface area contributed by atoms with Gasteiger partial charge in [-0.2, -0.15) is 17.4 Å². The molecule has 1 fully saturated rings. The van der Waals surface area contributed by atoms with E-state index < -0.39 is 15.8 Å². The second kappa shape index (κ2) is 7.70. The summed E-state index contributed by atoms with van der Waals surface area (Å²) in [5.74, 6) is 0.399. The van der Waals surface area contributed by atoms with Crippen LogP contribution in [0.15, 0.2) is 0 Å². The highest BCUT2D eigenvalue weighted by Gasteiger charge is 2.30. The number of rotatable bonds is 8. The van der Waals surface area contributed by atoms with Crippen molar-refractivity contribution >= 4 is 10.2 Å². The lowest BCUT2D eigenvalue weighted by atomic mass is 10.00. The molecule has 1 aliphatic heterocycles. The summed E-state index contributed by atoms with van der Waals surface area (Å²) in [7, 11) is -1.82. The van der Waals surface area contributed by atoms with Crippen molar-refractivity contribution in [3.05, 3.63) is 0 Å². The van der Waals surface area contributed by atoms with Crippen LogP contribution in [-0.2, 0) is 14.9 Å². The highest BCUT2D eigenvalue weighted by molar-refractivity contribution is 7.87. The van der Waals surface area contributed by atoms with Gasteiger partial charge >= 0.3 is 0 Å². The molecular formula is C13H29N3O3S. The normalized spacial score (nSPS) is 22.1. The Morgan fingerprint density at radius 1 is 1.40 bits per heavy atom. The number of hydrogen-bond acceptors (Lipinski definition) is 4. The first-order valence-electron chi connectivity index (χ1n) is 7.31. The molecule has 1 aliphatic rings. The lowest BCUT2D eigenvalue weighted by Crippen LogP contribution is -2.50. The van der Waals surface area contributed by atoms with E-state index in [4.69, 9.17) is 4.74 Å². The third-order valence-electron chi connectivity index (χ3n) is 3.74. The van der Waals surface area contributed by atoms with Gasteiger partial charge in [0.15, 0.2) is 0 Å². The van der Waals surface area contributed by atoms with Crippen molar-refractivity contribution in [2.45, 2.75) is 39.2 Å². The molecule has 6 nitrogen and oxygen atoms in total. The van der Waals surface area contributed by atoms with Gasteiger partial charge in [-0.25, -0.2) is 0 Å². The van der Waals surface area contributed by atoms with Crippen molar-refractivity contribution in [2.75, 3.05) is 39.8 Å². The largest absolute Gasteiger partial charge is 0.377 e. The highest BCUT2D eigenvalue weighted by Crippen LogP contribution is 2.18. The molecule has 0 saturated carbocycles. The number of methoxy groups -OCH3 is 1. The monoisotopic (exact) mass is 307 g/mol. The molecule has 120 valence electrons. The quantitative estimate of drug-likeness (QED) is 0.688. The second-order valence-corrected chi connectivity index (χ2v) is 7.72. The van der Waals surface area contributed by atoms with E-state index in [9.17, 15) is 8.42 Å². The van der Waals surface area contributed by atoms with Crippen molar-refractivity contribution in [1.29, 1.82) is 0 Å². The summed E-state index contributed by atoms with van der Waals surface area (Å²) in [6.07, 6.45) is 2.01. The van der Waals surface area contributed by atoms with Crippen molar-refractivity contribution in [3.63, 3.8) is 0 Å². The van der Waals surface area contributed by atoms with Gasteiger partial charge < -0.3 is 10.1 Å². The van der Waals surface area contributed by atoms with Gasteiger partial charge in [0.1, 0.15) is 0 Å². The van der Waals surface area contributed by atoms with Gasteiger partial charge in [0.05, 0.1) is 5.60 Å². The topological polar surface area (TPSA) is 70.7 Å². The number of piperidine rings is 1. The molecule has 7 heteroatoms. The maximum Gasteiger partial charge on any atom is 0.279 e. The molecule has 1 heterocycles. The van der Waals surface area contributed by atoms with Crippen LogP contribution in [-0.4, -0.2) is 58.2 Å². The third kappa shape index (κ3) is 5.65. The van der Waals surface area contributed by atoms with E-state index in [1.54, 1.807) is 11.4 Å². The average molecular weight is 307 g/mol. The molecule has 0 radical (unpaired) electrons. The molecule has 1 unspecified atom stereocenters. The maximum atomic E-state index is 12.3. The Balaban J connectivity index is 2.54. The van der Waals surface area contributed by atoms with Crippen LogP contribution in [0.1, 0.15) is 33.6 Å². The van der Waals surface area contributed by atoms with E-state index in [1.165, 1.54) is 0 Å². The van der Waals surface area contributed by atoms with E-state index in [-0.39, 0.29) is 6.54 Å². The zero-order chi connectivity index (χ0) is 15.2. The molecule has 1 atom stereocenters. The molecule has 0 aromatic heterocycles. The zero-order valence-electron chi connectivity index (χ0n) is 13.1. The van der Waals surface area contributed by atoms with Crippen molar-refractivity contribution in [1.82, 2.24) is 14.3 Å². The van der Waals surface area contributed by atoms with Crippen LogP contribution in [0.2, 0.25) is 0 Å². The molecule has 0 aliphatic carbocycles. The minimum atomic E-state index is -3.41. The van der Waals surface area contributed by atoms with Crippen LogP contribution in [0.4, 0.5) is 0 Å². The molecule has 1 rings (SSSR count). The first-order chi connectivity index (χ1) is 9.30. The Kier molecular flexibility index (Phi) is 6.87. The fraction of sp³-hybridized carbons (Fsp3) is 1.00. The Morgan fingerprint density at radius 3 is 2.70 bits per heavy atom. The van der Waals surface area contributed by atoms with Crippen molar-refractivity contribution < 1.29 is 13.2 Å². The van der Waals surface area contributed by atoms with Gasteiger partial charge in [0.25, 0.3) is 10.2 Å². The highest BCUT2D eigenvalue weighted by atomic mass is 32.2. The van der Waals surface area contributed by atoms with Crippen LogP contribution in [0, 0.1) is 5.92 Å². The van der Waals surface area contributed by atoms with Crippen LogP contribution in [0.3, 0.4) is 0 Å². The predicted molar refractivity (Wildman–Crippen MR) is 80.9 cm³/mol. The van der Waals surface area contributed by atoms with Crippen LogP contribution in [0.5, 0.6) is 0 Å². The molecule has 0 aromatic carbocycles. The predicted octanol–water partition coefficient (Wildman–Crippen LogP) is 0.567. The summed E-state index contributed by atoms with van der Waals surface area (Å²) < 4.78 is 34.1. The van der Waals surface area contributed by atoms with Gasteiger partial charge in [-0.1, -0.05) is 6.92 Å². The fourth-order valence-electron chi connectivity index (χ4n) is 2.19.